The first-order chi connectivity index (χ1) is 15.7. The van der Waals surface area contributed by atoms with Gasteiger partial charge in [-0.25, -0.2) is 4.98 Å². The predicted molar refractivity (Wildman–Crippen MR) is 111 cm³/mol. The molecule has 2 aromatic heterocycles. The van der Waals surface area contributed by atoms with Crippen molar-refractivity contribution in [2.24, 2.45) is 0 Å². The van der Waals surface area contributed by atoms with Crippen molar-refractivity contribution in [3.63, 3.8) is 0 Å². The van der Waals surface area contributed by atoms with E-state index in [1.807, 2.05) is 0 Å². The van der Waals surface area contributed by atoms with Gasteiger partial charge >= 0.3 is 12.2 Å². The molecule has 1 saturated heterocycles. The van der Waals surface area contributed by atoms with E-state index < -0.39 is 30.4 Å². The van der Waals surface area contributed by atoms with Crippen LogP contribution in [0.1, 0.15) is 10.4 Å². The molecule has 172 valence electrons. The van der Waals surface area contributed by atoms with Crippen LogP contribution in [0.25, 0.3) is 11.1 Å². The van der Waals surface area contributed by atoms with Crippen LogP contribution in [0.2, 0.25) is 0 Å². The van der Waals surface area contributed by atoms with Gasteiger partial charge in [-0.3, -0.25) is 9.59 Å². The number of pyridine rings is 1. The number of carbonyl (C=O) groups is 1. The van der Waals surface area contributed by atoms with E-state index in [2.05, 4.69) is 20.3 Å². The Kier molecular flexibility index (Phi) is 6.09. The zero-order valence-electron chi connectivity index (χ0n) is 16.9. The number of benzene rings is 1. The van der Waals surface area contributed by atoms with Crippen LogP contribution in [0, 0.1) is 0 Å². The van der Waals surface area contributed by atoms with Gasteiger partial charge in [-0.1, -0.05) is 12.1 Å². The Labute approximate surface area is 184 Å². The van der Waals surface area contributed by atoms with Gasteiger partial charge in [0.2, 0.25) is 5.95 Å². The Morgan fingerprint density at radius 2 is 1.94 bits per heavy atom. The maximum atomic E-state index is 13.0. The summed E-state index contributed by atoms with van der Waals surface area (Å²) in [4.78, 5) is 35.3. The number of aromatic amines is 1. The molecule has 1 aromatic carbocycles. The fourth-order valence-electron chi connectivity index (χ4n) is 3.27. The summed E-state index contributed by atoms with van der Waals surface area (Å²) in [6.07, 6.45) is -3.62. The van der Waals surface area contributed by atoms with Crippen LogP contribution < -0.4 is 15.8 Å². The summed E-state index contributed by atoms with van der Waals surface area (Å²) in [7, 11) is 0. The number of nitrogens with one attached hydrogen (secondary N) is 2. The quantitative estimate of drug-likeness (QED) is 0.442. The average Bonchev–Trinajstić information content (AvgIpc) is 2.80. The Morgan fingerprint density at radius 1 is 1.18 bits per heavy atom. The van der Waals surface area contributed by atoms with Gasteiger partial charge in [-0.05, 0) is 29.8 Å². The number of morpholine rings is 1. The van der Waals surface area contributed by atoms with Crippen LogP contribution in [0.4, 0.5) is 35.0 Å². The molecule has 0 amide bonds. The molecule has 3 aromatic rings. The molecule has 33 heavy (non-hydrogen) atoms. The van der Waals surface area contributed by atoms with Gasteiger partial charge in [-0.2, -0.15) is 22.5 Å². The molecular formula is C21H17F4N5O3. The van der Waals surface area contributed by atoms with E-state index in [9.17, 15) is 27.2 Å². The highest BCUT2D eigenvalue weighted by Gasteiger charge is 2.43. The number of aromatic nitrogens is 3. The molecular weight excluding hydrogens is 446 g/mol. The standard InChI is InChI=1S/C21H17F4N5O3/c22-18(31)13-3-1-12(2-4-13)14-9-15(19(32)27-10-14)28-17-5-6-26-20(29-17)30-7-8-33-16(11-30)21(23,24)25/h1-6,9-10,16H,7-8,11H2,(H,27,32)(H,26,28,29). The van der Waals surface area contributed by atoms with Crippen molar-refractivity contribution in [3.8, 4) is 11.1 Å². The van der Waals surface area contributed by atoms with Crippen molar-refractivity contribution in [1.29, 1.82) is 0 Å². The van der Waals surface area contributed by atoms with Crippen molar-refractivity contribution in [1.82, 2.24) is 15.0 Å². The van der Waals surface area contributed by atoms with Crippen LogP contribution in [0.5, 0.6) is 0 Å². The summed E-state index contributed by atoms with van der Waals surface area (Å²) < 4.78 is 56.6. The van der Waals surface area contributed by atoms with Gasteiger partial charge in [0.15, 0.2) is 6.10 Å². The molecule has 2 N–H and O–H groups in total. The molecule has 0 bridgehead atoms. The van der Waals surface area contributed by atoms with Crippen molar-refractivity contribution in [2.75, 3.05) is 29.9 Å². The first kappa shape index (κ1) is 22.4. The van der Waals surface area contributed by atoms with E-state index in [1.165, 1.54) is 53.7 Å². The molecule has 8 nitrogen and oxygen atoms in total. The van der Waals surface area contributed by atoms with Crippen LogP contribution in [0.3, 0.4) is 0 Å². The Bertz CT molecular complexity index is 1210. The molecule has 3 heterocycles. The van der Waals surface area contributed by atoms with E-state index in [4.69, 9.17) is 4.74 Å². The second-order valence-corrected chi connectivity index (χ2v) is 7.20. The van der Waals surface area contributed by atoms with E-state index in [0.29, 0.717) is 11.1 Å². The smallest absolute Gasteiger partial charge is 0.365 e. The molecule has 4 rings (SSSR count). The molecule has 1 unspecified atom stereocenters. The largest absolute Gasteiger partial charge is 0.416 e. The summed E-state index contributed by atoms with van der Waals surface area (Å²) in [5.74, 6) is 0.271. The third-order valence-corrected chi connectivity index (χ3v) is 4.97. The first-order valence-corrected chi connectivity index (χ1v) is 9.77. The minimum absolute atomic E-state index is 0.0663. The molecule has 1 aliphatic heterocycles. The summed E-state index contributed by atoms with van der Waals surface area (Å²) >= 11 is 0. The van der Waals surface area contributed by atoms with Crippen LogP contribution in [-0.2, 0) is 4.74 Å². The lowest BCUT2D eigenvalue weighted by atomic mass is 10.1. The van der Waals surface area contributed by atoms with Crippen molar-refractivity contribution >= 4 is 23.5 Å². The molecule has 12 heteroatoms. The van der Waals surface area contributed by atoms with Gasteiger partial charge in [0, 0.05) is 24.5 Å². The number of halogens is 4. The second-order valence-electron chi connectivity index (χ2n) is 7.20. The number of rotatable bonds is 5. The molecule has 0 saturated carbocycles. The maximum absolute atomic E-state index is 13.0. The minimum Gasteiger partial charge on any atom is -0.365 e. The first-order valence-electron chi connectivity index (χ1n) is 9.77. The van der Waals surface area contributed by atoms with Crippen molar-refractivity contribution in [3.05, 3.63) is 64.7 Å². The molecule has 1 aliphatic rings. The summed E-state index contributed by atoms with van der Waals surface area (Å²) in [5, 5.41) is 2.84. The van der Waals surface area contributed by atoms with E-state index in [0.717, 1.165) is 0 Å². The monoisotopic (exact) mass is 463 g/mol. The van der Waals surface area contributed by atoms with Crippen LogP contribution >= 0.6 is 0 Å². The SMILES string of the molecule is O=C(F)c1ccc(-c2c[nH]c(=O)c(Nc3ccnc(N4CCOC(C(F)(F)F)C4)n3)c2)cc1. The normalized spacial score (nSPS) is 16.5. The fraction of sp³-hybridized carbons (Fsp3) is 0.238. The number of nitrogens with zero attached hydrogens (tertiary/aromatic N) is 3. The fourth-order valence-corrected chi connectivity index (χ4v) is 3.27. The lowest BCUT2D eigenvalue weighted by molar-refractivity contribution is -0.221. The zero-order valence-corrected chi connectivity index (χ0v) is 16.9. The highest BCUT2D eigenvalue weighted by molar-refractivity contribution is 5.89. The van der Waals surface area contributed by atoms with Crippen molar-refractivity contribution < 1.29 is 27.1 Å². The molecule has 0 spiro atoms. The van der Waals surface area contributed by atoms with E-state index in [1.54, 1.807) is 0 Å². The number of carbonyl (C=O) groups excluding carboxylic acids is 1. The Morgan fingerprint density at radius 3 is 2.64 bits per heavy atom. The van der Waals surface area contributed by atoms with Gasteiger partial charge < -0.3 is 19.9 Å². The number of anilines is 3. The van der Waals surface area contributed by atoms with E-state index >= 15 is 0 Å². The zero-order chi connectivity index (χ0) is 23.6. The summed E-state index contributed by atoms with van der Waals surface area (Å²) in [6, 6.07) is 7.16. The summed E-state index contributed by atoms with van der Waals surface area (Å²) in [5.41, 5.74) is 0.765. The van der Waals surface area contributed by atoms with Crippen LogP contribution in [-0.4, -0.2) is 53.0 Å². The number of hydrogen-bond acceptors (Lipinski definition) is 7. The third kappa shape index (κ3) is 5.17. The number of ether oxygens (including phenoxy) is 1. The lowest BCUT2D eigenvalue weighted by Crippen LogP contribution is -2.49. The minimum atomic E-state index is -4.50. The Balaban J connectivity index is 1.55. The van der Waals surface area contributed by atoms with Gasteiger partial charge in [0.25, 0.3) is 5.56 Å². The predicted octanol–water partition coefficient (Wildman–Crippen LogP) is 3.45. The Hall–Kier alpha value is -3.80. The molecule has 1 atom stereocenters. The highest BCUT2D eigenvalue weighted by atomic mass is 19.4. The van der Waals surface area contributed by atoms with Crippen molar-refractivity contribution in [2.45, 2.75) is 12.3 Å². The highest BCUT2D eigenvalue weighted by Crippen LogP contribution is 2.27. The van der Waals surface area contributed by atoms with Gasteiger partial charge in [0.1, 0.15) is 11.5 Å². The molecule has 0 radical (unpaired) electrons. The van der Waals surface area contributed by atoms with Crippen LogP contribution in [0.15, 0.2) is 53.6 Å². The topological polar surface area (TPSA) is 100 Å². The number of alkyl halides is 3. The average molecular weight is 463 g/mol. The second kappa shape index (κ2) is 8.98. The maximum Gasteiger partial charge on any atom is 0.416 e. The molecule has 0 aliphatic carbocycles. The number of H-pyrrole nitrogens is 1. The lowest BCUT2D eigenvalue weighted by Gasteiger charge is -2.33. The van der Waals surface area contributed by atoms with Gasteiger partial charge in [0.05, 0.1) is 18.7 Å². The summed E-state index contributed by atoms with van der Waals surface area (Å²) in [6.45, 7) is -0.385. The third-order valence-electron chi connectivity index (χ3n) is 4.97. The van der Waals surface area contributed by atoms with Gasteiger partial charge in [-0.15, -0.1) is 0 Å². The molecule has 1 fully saturated rings. The van der Waals surface area contributed by atoms with E-state index in [-0.39, 0.29) is 36.2 Å². The number of hydrogen-bond donors (Lipinski definition) is 2.